The van der Waals surface area contributed by atoms with Crippen molar-refractivity contribution in [3.05, 3.63) is 37.0 Å². The molecule has 0 amide bonds. The summed E-state index contributed by atoms with van der Waals surface area (Å²) >= 11 is 0. The molecule has 1 saturated heterocycles. The summed E-state index contributed by atoms with van der Waals surface area (Å²) in [4.78, 5) is 13.7. The molecule has 16 heavy (non-hydrogen) atoms. The van der Waals surface area contributed by atoms with Crippen molar-refractivity contribution in [2.75, 3.05) is 6.54 Å². The molecule has 0 unspecified atom stereocenters. The van der Waals surface area contributed by atoms with E-state index in [1.807, 2.05) is 12.2 Å². The lowest BCUT2D eigenvalue weighted by Crippen LogP contribution is -2.46. The number of carbonyl (C=O) groups excluding carboxylic acids is 1. The number of hydrogen-bond acceptors (Lipinski definition) is 2. The van der Waals surface area contributed by atoms with Crippen LogP contribution in [0.15, 0.2) is 37.0 Å². The Bertz CT molecular complexity index is 317. The number of allylic oxidation sites excluding steroid dienone is 2. The van der Waals surface area contributed by atoms with E-state index >= 15 is 0 Å². The van der Waals surface area contributed by atoms with Crippen LogP contribution in [0.1, 0.15) is 26.7 Å². The molecule has 0 N–H and O–H groups in total. The first-order chi connectivity index (χ1) is 7.60. The molecule has 2 nitrogen and oxygen atoms in total. The van der Waals surface area contributed by atoms with Crippen molar-refractivity contribution in [3.8, 4) is 0 Å². The molecule has 0 aromatic carbocycles. The molecule has 0 aromatic heterocycles. The van der Waals surface area contributed by atoms with Crippen LogP contribution >= 0.6 is 0 Å². The van der Waals surface area contributed by atoms with Gasteiger partial charge in [-0.05, 0) is 19.4 Å². The smallest absolute Gasteiger partial charge is 0.135 e. The normalized spacial score (nSPS) is 25.2. The molecular formula is C14H21NO. The molecule has 1 heterocycles. The lowest BCUT2D eigenvalue weighted by Gasteiger charge is -2.38. The third-order valence-electron chi connectivity index (χ3n) is 3.26. The van der Waals surface area contributed by atoms with Gasteiger partial charge in [-0.3, -0.25) is 9.69 Å². The lowest BCUT2D eigenvalue weighted by atomic mass is 9.97. The molecular weight excluding hydrogens is 198 g/mol. The number of likely N-dealkylation sites (tertiary alicyclic amines) is 1. The second-order valence-electron chi connectivity index (χ2n) is 4.36. The lowest BCUT2D eigenvalue weighted by molar-refractivity contribution is -0.123. The summed E-state index contributed by atoms with van der Waals surface area (Å²) in [5, 5.41) is 0. The number of hydrogen-bond donors (Lipinski definition) is 0. The van der Waals surface area contributed by atoms with Crippen LogP contribution < -0.4 is 0 Å². The van der Waals surface area contributed by atoms with Gasteiger partial charge in [0.05, 0.1) is 0 Å². The first-order valence-electron chi connectivity index (χ1n) is 5.82. The Morgan fingerprint density at radius 3 is 2.75 bits per heavy atom. The molecule has 0 aliphatic carbocycles. The van der Waals surface area contributed by atoms with Crippen molar-refractivity contribution in [1.82, 2.24) is 4.90 Å². The topological polar surface area (TPSA) is 20.3 Å². The third-order valence-corrected chi connectivity index (χ3v) is 3.26. The Kier molecular flexibility index (Phi) is 4.69. The van der Waals surface area contributed by atoms with Crippen LogP contribution in [0.3, 0.4) is 0 Å². The van der Waals surface area contributed by atoms with Crippen LogP contribution in [0.25, 0.3) is 0 Å². The van der Waals surface area contributed by atoms with Gasteiger partial charge in [0, 0.05) is 31.5 Å². The van der Waals surface area contributed by atoms with Crippen molar-refractivity contribution in [2.24, 2.45) is 0 Å². The zero-order chi connectivity index (χ0) is 12.1. The molecule has 1 fully saturated rings. The Hall–Kier alpha value is -1.15. The standard InChI is InChI=1S/C14H21NO/c1-5-7-13(6-2)12(4)15-9-8-14(16)10-11(15)3/h5-7,11-12H,1-2,8-10H2,3-4H3/b13-7+/t11-,12+/m1/s1. The average Bonchev–Trinajstić information content (AvgIpc) is 2.25. The molecule has 1 aliphatic rings. The first kappa shape index (κ1) is 12.9. The van der Waals surface area contributed by atoms with E-state index in [4.69, 9.17) is 0 Å². The van der Waals surface area contributed by atoms with Gasteiger partial charge in [0.1, 0.15) is 5.78 Å². The average molecular weight is 219 g/mol. The Morgan fingerprint density at radius 2 is 2.25 bits per heavy atom. The maximum absolute atomic E-state index is 11.3. The van der Waals surface area contributed by atoms with Crippen LogP contribution in [0, 0.1) is 0 Å². The van der Waals surface area contributed by atoms with E-state index in [9.17, 15) is 4.79 Å². The van der Waals surface area contributed by atoms with Crippen LogP contribution in [-0.2, 0) is 4.79 Å². The van der Waals surface area contributed by atoms with Gasteiger partial charge >= 0.3 is 0 Å². The van der Waals surface area contributed by atoms with Gasteiger partial charge < -0.3 is 0 Å². The van der Waals surface area contributed by atoms with Gasteiger partial charge in [-0.1, -0.05) is 31.4 Å². The summed E-state index contributed by atoms with van der Waals surface area (Å²) < 4.78 is 0. The fourth-order valence-electron chi connectivity index (χ4n) is 2.30. The van der Waals surface area contributed by atoms with Gasteiger partial charge in [-0.25, -0.2) is 0 Å². The monoisotopic (exact) mass is 219 g/mol. The Balaban J connectivity index is 2.76. The van der Waals surface area contributed by atoms with Crippen molar-refractivity contribution in [2.45, 2.75) is 38.8 Å². The maximum Gasteiger partial charge on any atom is 0.135 e. The second-order valence-corrected chi connectivity index (χ2v) is 4.36. The van der Waals surface area contributed by atoms with Gasteiger partial charge in [-0.15, -0.1) is 0 Å². The van der Waals surface area contributed by atoms with Crippen molar-refractivity contribution < 1.29 is 4.79 Å². The first-order valence-corrected chi connectivity index (χ1v) is 5.82. The minimum absolute atomic E-state index is 0.304. The van der Waals surface area contributed by atoms with E-state index in [2.05, 4.69) is 31.9 Å². The highest BCUT2D eigenvalue weighted by Crippen LogP contribution is 2.21. The van der Waals surface area contributed by atoms with Crippen molar-refractivity contribution in [1.29, 1.82) is 0 Å². The van der Waals surface area contributed by atoms with E-state index in [-0.39, 0.29) is 0 Å². The van der Waals surface area contributed by atoms with Gasteiger partial charge in [0.25, 0.3) is 0 Å². The van der Waals surface area contributed by atoms with Crippen LogP contribution in [0.2, 0.25) is 0 Å². The molecule has 2 heteroatoms. The molecule has 1 aliphatic heterocycles. The summed E-state index contributed by atoms with van der Waals surface area (Å²) in [6, 6.07) is 0.628. The fourth-order valence-corrected chi connectivity index (χ4v) is 2.30. The number of piperidine rings is 1. The molecule has 2 atom stereocenters. The summed E-state index contributed by atoms with van der Waals surface area (Å²) in [5.41, 5.74) is 1.16. The second kappa shape index (κ2) is 5.80. The number of ketones is 1. The minimum atomic E-state index is 0.304. The van der Waals surface area contributed by atoms with E-state index in [1.165, 1.54) is 0 Å². The highest BCUT2D eigenvalue weighted by molar-refractivity contribution is 5.79. The SMILES string of the molecule is C=C/C=C(\C=C)[C@H](C)N1CCC(=O)C[C@H]1C. The van der Waals surface area contributed by atoms with Gasteiger partial charge in [0.2, 0.25) is 0 Å². The molecule has 0 radical (unpaired) electrons. The maximum atomic E-state index is 11.3. The van der Waals surface area contributed by atoms with E-state index < -0.39 is 0 Å². The summed E-state index contributed by atoms with van der Waals surface area (Å²) in [7, 11) is 0. The van der Waals surface area contributed by atoms with E-state index in [0.717, 1.165) is 12.1 Å². The fraction of sp³-hybridized carbons (Fsp3) is 0.500. The van der Waals surface area contributed by atoms with Crippen LogP contribution in [0.5, 0.6) is 0 Å². The largest absolute Gasteiger partial charge is 0.300 e. The number of Topliss-reactive ketones (excluding diaryl/α,β-unsaturated/α-hetero) is 1. The Labute approximate surface area is 98.3 Å². The molecule has 0 spiro atoms. The Morgan fingerprint density at radius 1 is 1.56 bits per heavy atom. The zero-order valence-electron chi connectivity index (χ0n) is 10.3. The molecule has 0 saturated carbocycles. The van der Waals surface area contributed by atoms with Crippen LogP contribution in [-0.4, -0.2) is 29.3 Å². The highest BCUT2D eigenvalue weighted by Gasteiger charge is 2.27. The zero-order valence-corrected chi connectivity index (χ0v) is 10.3. The number of carbonyl (C=O) groups is 1. The highest BCUT2D eigenvalue weighted by atomic mass is 16.1. The van der Waals surface area contributed by atoms with E-state index in [0.29, 0.717) is 30.7 Å². The summed E-state index contributed by atoms with van der Waals surface area (Å²) in [5.74, 6) is 0.379. The third kappa shape index (κ3) is 2.92. The van der Waals surface area contributed by atoms with Crippen molar-refractivity contribution in [3.63, 3.8) is 0 Å². The molecule has 0 aromatic rings. The van der Waals surface area contributed by atoms with Gasteiger partial charge in [0.15, 0.2) is 0 Å². The quantitative estimate of drug-likeness (QED) is 0.678. The number of rotatable bonds is 4. The molecule has 1 rings (SSSR count). The summed E-state index contributed by atoms with van der Waals surface area (Å²) in [6.45, 7) is 12.7. The minimum Gasteiger partial charge on any atom is -0.300 e. The van der Waals surface area contributed by atoms with Gasteiger partial charge in [-0.2, -0.15) is 0 Å². The summed E-state index contributed by atoms with van der Waals surface area (Å²) in [6.07, 6.45) is 6.99. The predicted octanol–water partition coefficient (Wildman–Crippen LogP) is 2.73. The number of nitrogens with zero attached hydrogens (tertiary/aromatic N) is 1. The molecule has 88 valence electrons. The van der Waals surface area contributed by atoms with E-state index in [1.54, 1.807) is 6.08 Å². The molecule has 0 bridgehead atoms. The predicted molar refractivity (Wildman–Crippen MR) is 68.3 cm³/mol. The van der Waals surface area contributed by atoms with Crippen LogP contribution in [0.4, 0.5) is 0 Å². The van der Waals surface area contributed by atoms with Crippen molar-refractivity contribution >= 4 is 5.78 Å².